The van der Waals surface area contributed by atoms with Crippen LogP contribution >= 0.6 is 0 Å². The minimum atomic E-state index is 0.588. The van der Waals surface area contributed by atoms with Gasteiger partial charge in [0, 0.05) is 65.8 Å². The first-order valence-electron chi connectivity index (χ1n) is 21.1. The molecule has 0 unspecified atom stereocenters. The maximum Gasteiger partial charge on any atom is 0.187 e. The van der Waals surface area contributed by atoms with Crippen LogP contribution in [0.1, 0.15) is 5.56 Å². The summed E-state index contributed by atoms with van der Waals surface area (Å²) in [5.41, 5.74) is 12.6. The molecule has 0 atom stereocenters. The number of nitriles is 1. The van der Waals surface area contributed by atoms with Gasteiger partial charge in [0.25, 0.3) is 0 Å². The lowest BCUT2D eigenvalue weighted by molar-refractivity contribution is 0.672. The Bertz CT molecular complexity index is 3600. The Kier molecular flexibility index (Phi) is 8.50. The number of anilines is 6. The molecule has 0 aliphatic carbocycles. The van der Waals surface area contributed by atoms with Gasteiger partial charge < -0.3 is 18.6 Å². The van der Waals surface area contributed by atoms with Crippen molar-refractivity contribution in [2.24, 2.45) is 0 Å². The highest BCUT2D eigenvalue weighted by Gasteiger charge is 2.22. The molecule has 0 aliphatic rings. The molecule has 2 aromatic heterocycles. The van der Waals surface area contributed by atoms with E-state index in [-0.39, 0.29) is 0 Å². The van der Waals surface area contributed by atoms with Gasteiger partial charge in [-0.25, -0.2) is 4.85 Å². The van der Waals surface area contributed by atoms with Gasteiger partial charge in [-0.15, -0.1) is 0 Å². The molecule has 2 heterocycles. The van der Waals surface area contributed by atoms with Crippen LogP contribution in [0, 0.1) is 17.9 Å². The van der Waals surface area contributed by atoms with Crippen molar-refractivity contribution in [2.45, 2.75) is 0 Å². The van der Waals surface area contributed by atoms with Crippen molar-refractivity contribution in [3.05, 3.63) is 223 Å². The largest absolute Gasteiger partial charge is 0.455 e. The van der Waals surface area contributed by atoms with Crippen molar-refractivity contribution in [3.8, 4) is 17.2 Å². The van der Waals surface area contributed by atoms with Gasteiger partial charge in [0.2, 0.25) is 0 Å². The van der Waals surface area contributed by atoms with Crippen molar-refractivity contribution in [2.75, 3.05) is 9.80 Å². The van der Waals surface area contributed by atoms with Crippen LogP contribution in [0.4, 0.5) is 39.8 Å². The van der Waals surface area contributed by atoms with E-state index in [2.05, 4.69) is 142 Å². The summed E-state index contributed by atoms with van der Waals surface area (Å²) in [6, 6.07) is 72.7. The average molecular weight is 819 g/mol. The fourth-order valence-corrected chi connectivity index (χ4v) is 9.25. The van der Waals surface area contributed by atoms with Crippen LogP contribution < -0.4 is 9.80 Å². The molecule has 12 rings (SSSR count). The SMILES string of the molecule is [C-]#[N+]c1ccc(N(c2ccc(-c3ccc(N(c4ccc(C#N)cc4)c4cc5c6ccccc6oc5c5ccccc45)cc3)cc2)c2cc3c4ccccc4oc3c3ccccc23)cc1. The second kappa shape index (κ2) is 14.8. The number of benzene rings is 10. The van der Waals surface area contributed by atoms with Crippen LogP contribution in [0.5, 0.6) is 0 Å². The smallest absolute Gasteiger partial charge is 0.187 e. The van der Waals surface area contributed by atoms with E-state index in [1.165, 1.54) is 0 Å². The molecule has 0 N–H and O–H groups in total. The molecular weight excluding hydrogens is 785 g/mol. The molecule has 0 aliphatic heterocycles. The van der Waals surface area contributed by atoms with Crippen molar-refractivity contribution < 1.29 is 8.83 Å². The summed E-state index contributed by atoms with van der Waals surface area (Å²) >= 11 is 0. The summed E-state index contributed by atoms with van der Waals surface area (Å²) in [4.78, 5) is 8.20. The molecule has 0 amide bonds. The average Bonchev–Trinajstić information content (AvgIpc) is 3.94. The lowest BCUT2D eigenvalue weighted by atomic mass is 10.0. The maximum atomic E-state index is 9.68. The first-order valence-corrected chi connectivity index (χ1v) is 21.1. The van der Waals surface area contributed by atoms with Gasteiger partial charge in [-0.2, -0.15) is 5.26 Å². The highest BCUT2D eigenvalue weighted by atomic mass is 16.3. The number of para-hydroxylation sites is 2. The predicted molar refractivity (Wildman–Crippen MR) is 262 cm³/mol. The zero-order valence-electron chi connectivity index (χ0n) is 34.2. The second-order valence-corrected chi connectivity index (χ2v) is 15.9. The minimum Gasteiger partial charge on any atom is -0.455 e. The standard InChI is InChI=1S/C58H34N4O2/c1-60-40-24-32-44(33-25-40)62(54-35-52-48-13-7-9-17-56(48)64-58(52)50-15-5-3-11-46(50)54)43-30-22-39(23-31-43)38-20-28-42(29-21-38)61(41-26-18-37(36-59)19-27-41)53-34-51-47-12-6-8-16-55(47)63-57(51)49-14-4-2-10-45(49)53/h2-35H. The number of rotatable bonds is 7. The molecule has 12 aromatic rings. The van der Waals surface area contributed by atoms with Gasteiger partial charge in [0.05, 0.1) is 29.6 Å². The molecule has 0 spiro atoms. The lowest BCUT2D eigenvalue weighted by Crippen LogP contribution is -2.11. The first-order chi connectivity index (χ1) is 31.6. The van der Waals surface area contributed by atoms with Crippen LogP contribution in [-0.2, 0) is 0 Å². The van der Waals surface area contributed by atoms with Crippen molar-refractivity contribution in [1.82, 2.24) is 0 Å². The van der Waals surface area contributed by atoms with Crippen molar-refractivity contribution >= 4 is 105 Å². The number of furan rings is 2. The Balaban J connectivity index is 0.968. The van der Waals surface area contributed by atoms with Crippen LogP contribution in [-0.4, -0.2) is 0 Å². The highest BCUT2D eigenvalue weighted by molar-refractivity contribution is 6.21. The molecule has 0 fully saturated rings. The summed E-state index contributed by atoms with van der Waals surface area (Å²) in [5, 5.41) is 18.1. The predicted octanol–water partition coefficient (Wildman–Crippen LogP) is 16.8. The van der Waals surface area contributed by atoms with Gasteiger partial charge >= 0.3 is 0 Å². The van der Waals surface area contributed by atoms with E-state index in [9.17, 15) is 5.26 Å². The first kappa shape index (κ1) is 36.7. The summed E-state index contributed by atoms with van der Waals surface area (Å²) in [7, 11) is 0. The molecule has 6 heteroatoms. The van der Waals surface area contributed by atoms with Gasteiger partial charge in [-0.1, -0.05) is 121 Å². The molecule has 0 saturated carbocycles. The third-order valence-electron chi connectivity index (χ3n) is 12.3. The van der Waals surface area contributed by atoms with E-state index in [1.807, 2.05) is 84.9 Å². The minimum absolute atomic E-state index is 0.588. The van der Waals surface area contributed by atoms with E-state index in [0.717, 1.165) is 111 Å². The molecule has 0 bridgehead atoms. The number of hydrogen-bond donors (Lipinski definition) is 0. The second-order valence-electron chi connectivity index (χ2n) is 15.9. The monoisotopic (exact) mass is 818 g/mol. The van der Waals surface area contributed by atoms with Gasteiger partial charge in [0.1, 0.15) is 22.3 Å². The summed E-state index contributed by atoms with van der Waals surface area (Å²) in [6.45, 7) is 7.62. The highest BCUT2D eigenvalue weighted by Crippen LogP contribution is 2.47. The Morgan fingerprint density at radius 2 is 0.750 bits per heavy atom. The summed E-state index contributed by atoms with van der Waals surface area (Å²) in [5.74, 6) is 0. The van der Waals surface area contributed by atoms with Crippen molar-refractivity contribution in [1.29, 1.82) is 5.26 Å². The van der Waals surface area contributed by atoms with E-state index >= 15 is 0 Å². The van der Waals surface area contributed by atoms with E-state index in [0.29, 0.717) is 11.3 Å². The van der Waals surface area contributed by atoms with Gasteiger partial charge in [-0.05, 0) is 96.1 Å². The quantitative estimate of drug-likeness (QED) is 0.150. The Labute approximate surface area is 368 Å². The number of hydrogen-bond acceptors (Lipinski definition) is 5. The Hall–Kier alpha value is -9.10. The van der Waals surface area contributed by atoms with Crippen molar-refractivity contribution in [3.63, 3.8) is 0 Å². The molecule has 64 heavy (non-hydrogen) atoms. The summed E-state index contributed by atoms with van der Waals surface area (Å²) in [6.07, 6.45) is 0. The maximum absolute atomic E-state index is 9.68. The van der Waals surface area contributed by atoms with Crippen LogP contribution in [0.2, 0.25) is 0 Å². The van der Waals surface area contributed by atoms with Crippen LogP contribution in [0.15, 0.2) is 215 Å². The fourth-order valence-electron chi connectivity index (χ4n) is 9.25. The Morgan fingerprint density at radius 1 is 0.391 bits per heavy atom. The molecule has 6 nitrogen and oxygen atoms in total. The normalized spacial score (nSPS) is 11.4. The Morgan fingerprint density at radius 3 is 1.16 bits per heavy atom. The van der Waals surface area contributed by atoms with Gasteiger partial charge in [0.15, 0.2) is 5.69 Å². The molecule has 298 valence electrons. The summed E-state index contributed by atoms with van der Waals surface area (Å²) < 4.78 is 12.9. The third-order valence-corrected chi connectivity index (χ3v) is 12.3. The third kappa shape index (κ3) is 5.94. The van der Waals surface area contributed by atoms with E-state index < -0.39 is 0 Å². The number of nitrogens with zero attached hydrogens (tertiary/aromatic N) is 4. The molecule has 0 radical (unpaired) electrons. The van der Waals surface area contributed by atoms with Gasteiger partial charge in [-0.3, -0.25) is 0 Å². The zero-order chi connectivity index (χ0) is 42.7. The number of fused-ring (bicyclic) bond motifs is 10. The lowest BCUT2D eigenvalue weighted by Gasteiger charge is -2.28. The molecule has 0 saturated heterocycles. The molecule has 10 aromatic carbocycles. The van der Waals surface area contributed by atoms with E-state index in [1.54, 1.807) is 0 Å². The molecular formula is C58H34N4O2. The topological polar surface area (TPSA) is 60.9 Å². The van der Waals surface area contributed by atoms with E-state index in [4.69, 9.17) is 15.4 Å². The fraction of sp³-hybridized carbons (Fsp3) is 0. The van der Waals surface area contributed by atoms with Crippen LogP contribution in [0.25, 0.3) is 81.4 Å². The zero-order valence-corrected chi connectivity index (χ0v) is 34.2. The van der Waals surface area contributed by atoms with Crippen LogP contribution in [0.3, 0.4) is 0 Å².